The lowest BCUT2D eigenvalue weighted by molar-refractivity contribution is 0.318. The molecule has 15 heavy (non-hydrogen) atoms. The molecule has 0 saturated carbocycles. The minimum atomic E-state index is -3.15. The van der Waals surface area contributed by atoms with Gasteiger partial charge >= 0.3 is 0 Å². The molecule has 1 aliphatic rings. The Kier molecular flexibility index (Phi) is 4.02. The number of sulfonamides is 1. The first-order valence-electron chi connectivity index (χ1n) is 5.04. The van der Waals surface area contributed by atoms with E-state index in [1.807, 2.05) is 0 Å². The van der Waals surface area contributed by atoms with Gasteiger partial charge in [-0.25, -0.2) is 22.5 Å². The largest absolute Gasteiger partial charge is 0.235 e. The van der Waals surface area contributed by atoms with Crippen molar-refractivity contribution in [2.45, 2.75) is 38.0 Å². The van der Waals surface area contributed by atoms with Gasteiger partial charge in [-0.15, -0.1) is 0 Å². The van der Waals surface area contributed by atoms with E-state index in [0.29, 0.717) is 25.9 Å². The molecule has 5 nitrogen and oxygen atoms in total. The standard InChI is InChI=1S/C9H16N2O3S/c1-8(2)15(13,14)11-5-3-9(4-6-11)10-7-12/h8-9H,3-6H2,1-2H3. The van der Waals surface area contributed by atoms with Gasteiger partial charge in [0.25, 0.3) is 0 Å². The van der Waals surface area contributed by atoms with Gasteiger partial charge in [-0.1, -0.05) is 0 Å². The van der Waals surface area contributed by atoms with Crippen LogP contribution in [-0.2, 0) is 14.8 Å². The van der Waals surface area contributed by atoms with Crippen LogP contribution in [0.5, 0.6) is 0 Å². The molecular formula is C9H16N2O3S. The lowest BCUT2D eigenvalue weighted by Gasteiger charge is -2.30. The average molecular weight is 232 g/mol. The van der Waals surface area contributed by atoms with Crippen LogP contribution in [0.1, 0.15) is 26.7 Å². The summed E-state index contributed by atoms with van der Waals surface area (Å²) in [4.78, 5) is 13.7. The number of piperidine rings is 1. The summed E-state index contributed by atoms with van der Waals surface area (Å²) in [6.07, 6.45) is 2.75. The molecule has 86 valence electrons. The minimum Gasteiger partial charge on any atom is -0.212 e. The Balaban J connectivity index is 2.62. The van der Waals surface area contributed by atoms with E-state index in [1.54, 1.807) is 13.8 Å². The number of hydrogen-bond donors (Lipinski definition) is 0. The van der Waals surface area contributed by atoms with Crippen LogP contribution in [0.25, 0.3) is 0 Å². The SMILES string of the molecule is CC(C)S(=O)(=O)N1CCC(N=C=O)CC1. The molecule has 0 amide bonds. The lowest BCUT2D eigenvalue weighted by atomic mass is 10.1. The van der Waals surface area contributed by atoms with Gasteiger partial charge in [0, 0.05) is 13.1 Å². The van der Waals surface area contributed by atoms with Crippen molar-refractivity contribution < 1.29 is 13.2 Å². The fraction of sp³-hybridized carbons (Fsp3) is 0.889. The molecule has 1 fully saturated rings. The Morgan fingerprint density at radius 2 is 1.87 bits per heavy atom. The number of nitrogens with zero attached hydrogens (tertiary/aromatic N) is 2. The predicted octanol–water partition coefficient (Wildman–Crippen LogP) is 0.525. The maximum Gasteiger partial charge on any atom is 0.235 e. The number of aliphatic imine (C=N–C) groups is 1. The van der Waals surface area contributed by atoms with Gasteiger partial charge in [-0.3, -0.25) is 0 Å². The first-order chi connectivity index (χ1) is 6.98. The van der Waals surface area contributed by atoms with Gasteiger partial charge < -0.3 is 0 Å². The molecule has 0 aliphatic carbocycles. The van der Waals surface area contributed by atoms with Crippen molar-refractivity contribution in [2.24, 2.45) is 4.99 Å². The molecule has 1 aliphatic heterocycles. The molecule has 0 aromatic rings. The maximum absolute atomic E-state index is 11.8. The number of isocyanates is 1. The van der Waals surface area contributed by atoms with Crippen LogP contribution in [0.15, 0.2) is 4.99 Å². The first kappa shape index (κ1) is 12.4. The first-order valence-corrected chi connectivity index (χ1v) is 6.54. The van der Waals surface area contributed by atoms with Gasteiger partial charge in [0.2, 0.25) is 16.1 Å². The molecule has 0 aromatic carbocycles. The van der Waals surface area contributed by atoms with E-state index in [1.165, 1.54) is 10.4 Å². The smallest absolute Gasteiger partial charge is 0.212 e. The van der Waals surface area contributed by atoms with E-state index in [4.69, 9.17) is 0 Å². The zero-order valence-corrected chi connectivity index (χ0v) is 9.83. The van der Waals surface area contributed by atoms with Crippen molar-refractivity contribution in [2.75, 3.05) is 13.1 Å². The monoisotopic (exact) mass is 232 g/mol. The second-order valence-electron chi connectivity index (χ2n) is 3.94. The molecule has 0 unspecified atom stereocenters. The third kappa shape index (κ3) is 2.87. The Bertz CT molecular complexity index is 350. The summed E-state index contributed by atoms with van der Waals surface area (Å²) in [6.45, 7) is 4.25. The molecule has 0 aromatic heterocycles. The summed E-state index contributed by atoms with van der Waals surface area (Å²) in [6, 6.07) is -0.0545. The molecule has 0 radical (unpaired) electrons. The van der Waals surface area contributed by atoms with E-state index in [-0.39, 0.29) is 11.3 Å². The highest BCUT2D eigenvalue weighted by atomic mass is 32.2. The molecule has 0 atom stereocenters. The third-order valence-corrected chi connectivity index (χ3v) is 4.89. The quantitative estimate of drug-likeness (QED) is 0.526. The van der Waals surface area contributed by atoms with Crippen molar-refractivity contribution >= 4 is 16.1 Å². The van der Waals surface area contributed by atoms with Gasteiger partial charge in [0.1, 0.15) is 0 Å². The van der Waals surface area contributed by atoms with Crippen LogP contribution >= 0.6 is 0 Å². The van der Waals surface area contributed by atoms with Crippen molar-refractivity contribution in [3.05, 3.63) is 0 Å². The molecule has 1 saturated heterocycles. The Morgan fingerprint density at radius 1 is 1.33 bits per heavy atom. The van der Waals surface area contributed by atoms with Gasteiger partial charge in [0.05, 0.1) is 11.3 Å². The molecule has 1 rings (SSSR count). The summed E-state index contributed by atoms with van der Waals surface area (Å²) in [5.41, 5.74) is 0. The van der Waals surface area contributed by atoms with E-state index >= 15 is 0 Å². The Morgan fingerprint density at radius 3 is 2.27 bits per heavy atom. The van der Waals surface area contributed by atoms with Crippen LogP contribution in [0.2, 0.25) is 0 Å². The molecule has 0 spiro atoms. The van der Waals surface area contributed by atoms with Gasteiger partial charge in [0.15, 0.2) is 0 Å². The highest BCUT2D eigenvalue weighted by molar-refractivity contribution is 7.89. The summed E-state index contributed by atoms with van der Waals surface area (Å²) >= 11 is 0. The Labute approximate surface area is 90.2 Å². The van der Waals surface area contributed by atoms with Crippen LogP contribution in [-0.4, -0.2) is 43.2 Å². The van der Waals surface area contributed by atoms with Gasteiger partial charge in [-0.2, -0.15) is 0 Å². The maximum atomic E-state index is 11.8. The number of hydrogen-bond acceptors (Lipinski definition) is 4. The van der Waals surface area contributed by atoms with Crippen molar-refractivity contribution in [1.29, 1.82) is 0 Å². The van der Waals surface area contributed by atoms with E-state index in [9.17, 15) is 13.2 Å². The average Bonchev–Trinajstić information content (AvgIpc) is 2.19. The summed E-state index contributed by atoms with van der Waals surface area (Å²) in [5.74, 6) is 0. The lowest BCUT2D eigenvalue weighted by Crippen LogP contribution is -2.42. The van der Waals surface area contributed by atoms with Crippen LogP contribution in [0.4, 0.5) is 0 Å². The highest BCUT2D eigenvalue weighted by Crippen LogP contribution is 2.18. The number of carbonyl (C=O) groups excluding carboxylic acids is 1. The third-order valence-electron chi connectivity index (χ3n) is 2.61. The second-order valence-corrected chi connectivity index (χ2v) is 6.43. The van der Waals surface area contributed by atoms with Crippen molar-refractivity contribution in [1.82, 2.24) is 4.31 Å². The normalized spacial score (nSPS) is 20.2. The zero-order chi connectivity index (χ0) is 11.5. The van der Waals surface area contributed by atoms with Crippen molar-refractivity contribution in [3.63, 3.8) is 0 Å². The molecular weight excluding hydrogens is 216 g/mol. The fourth-order valence-electron chi connectivity index (χ4n) is 1.60. The van der Waals surface area contributed by atoms with E-state index in [2.05, 4.69) is 4.99 Å². The topological polar surface area (TPSA) is 66.8 Å². The minimum absolute atomic E-state index is 0.0545. The summed E-state index contributed by atoms with van der Waals surface area (Å²) in [5, 5.41) is -0.386. The Hall–Kier alpha value is -0.710. The molecule has 1 heterocycles. The van der Waals surface area contributed by atoms with E-state index in [0.717, 1.165) is 0 Å². The van der Waals surface area contributed by atoms with Crippen LogP contribution in [0.3, 0.4) is 0 Å². The molecule has 0 N–H and O–H groups in total. The summed E-state index contributed by atoms with van der Waals surface area (Å²) in [7, 11) is -3.15. The molecule has 6 heteroatoms. The van der Waals surface area contributed by atoms with Crippen molar-refractivity contribution in [3.8, 4) is 0 Å². The highest BCUT2D eigenvalue weighted by Gasteiger charge is 2.29. The van der Waals surface area contributed by atoms with Gasteiger partial charge in [-0.05, 0) is 26.7 Å². The zero-order valence-electron chi connectivity index (χ0n) is 9.01. The number of rotatable bonds is 3. The second kappa shape index (κ2) is 4.88. The van der Waals surface area contributed by atoms with E-state index < -0.39 is 10.0 Å². The molecule has 0 bridgehead atoms. The van der Waals surface area contributed by atoms with Crippen LogP contribution in [0, 0.1) is 0 Å². The fourth-order valence-corrected chi connectivity index (χ4v) is 2.91. The summed E-state index contributed by atoms with van der Waals surface area (Å²) < 4.78 is 25.0. The predicted molar refractivity (Wildman–Crippen MR) is 56.8 cm³/mol. The van der Waals surface area contributed by atoms with Crippen LogP contribution < -0.4 is 0 Å².